The molecule has 30 heavy (non-hydrogen) atoms. The first-order valence-corrected chi connectivity index (χ1v) is 9.96. The molecule has 1 aliphatic rings. The van der Waals surface area contributed by atoms with E-state index in [1.165, 1.54) is 0 Å². The van der Waals surface area contributed by atoms with E-state index in [2.05, 4.69) is 5.32 Å². The third-order valence-corrected chi connectivity index (χ3v) is 4.19. The van der Waals surface area contributed by atoms with Gasteiger partial charge in [-0.25, -0.2) is 0 Å². The number of hydrogen-bond acceptors (Lipinski definition) is 8. The number of ether oxygens (including phenoxy) is 4. The molecule has 1 aliphatic heterocycles. The normalized spacial score (nSPS) is 14.6. The number of amides is 3. The number of methoxy groups -OCH3 is 1. The summed E-state index contributed by atoms with van der Waals surface area (Å²) in [7, 11) is 1.61. The zero-order chi connectivity index (χ0) is 22.4. The Bertz CT molecular complexity index is 588. The fourth-order valence-electron chi connectivity index (χ4n) is 2.57. The van der Waals surface area contributed by atoms with Gasteiger partial charge in [0.05, 0.1) is 46.2 Å². The maximum absolute atomic E-state index is 12.4. The van der Waals surface area contributed by atoms with Crippen molar-refractivity contribution in [3.05, 3.63) is 12.2 Å². The van der Waals surface area contributed by atoms with Crippen LogP contribution in [0.1, 0.15) is 20.3 Å². The van der Waals surface area contributed by atoms with Gasteiger partial charge in [-0.1, -0.05) is 13.8 Å². The SMILES string of the molecule is COCCOCCOCCOCCC(=O)NCC(C(=O)C(C)C)N1C(=O)C=CC1=O. The van der Waals surface area contributed by atoms with Crippen molar-refractivity contribution in [2.24, 2.45) is 5.92 Å². The van der Waals surface area contributed by atoms with Crippen LogP contribution >= 0.6 is 0 Å². The Morgan fingerprint density at radius 1 is 0.900 bits per heavy atom. The molecule has 10 nitrogen and oxygen atoms in total. The molecule has 1 N–H and O–H groups in total. The molecule has 1 heterocycles. The predicted molar refractivity (Wildman–Crippen MR) is 107 cm³/mol. The molecule has 0 saturated carbocycles. The summed E-state index contributed by atoms with van der Waals surface area (Å²) in [6.07, 6.45) is 2.32. The summed E-state index contributed by atoms with van der Waals surface area (Å²) >= 11 is 0. The number of imide groups is 1. The number of Topliss-reactive ketones (excluding diaryl/α,β-unsaturated/α-hetero) is 1. The summed E-state index contributed by atoms with van der Waals surface area (Å²) < 4.78 is 20.7. The van der Waals surface area contributed by atoms with Gasteiger partial charge in [0, 0.05) is 38.1 Å². The van der Waals surface area contributed by atoms with Gasteiger partial charge in [0.15, 0.2) is 5.78 Å². The molecule has 0 spiro atoms. The molecule has 0 aromatic carbocycles. The highest BCUT2D eigenvalue weighted by Crippen LogP contribution is 2.13. The van der Waals surface area contributed by atoms with Gasteiger partial charge in [-0.2, -0.15) is 0 Å². The average Bonchev–Trinajstić information content (AvgIpc) is 3.04. The van der Waals surface area contributed by atoms with E-state index in [4.69, 9.17) is 18.9 Å². The second kappa shape index (κ2) is 14.8. The summed E-state index contributed by atoms with van der Waals surface area (Å²) in [6, 6.07) is -1.02. The molecule has 0 fully saturated rings. The molecule has 1 atom stereocenters. The van der Waals surface area contributed by atoms with Crippen molar-refractivity contribution >= 4 is 23.5 Å². The van der Waals surface area contributed by atoms with Crippen LogP contribution in [0.5, 0.6) is 0 Å². The van der Waals surface area contributed by atoms with Crippen molar-refractivity contribution in [3.8, 4) is 0 Å². The highest BCUT2D eigenvalue weighted by Gasteiger charge is 2.36. The number of carbonyl (C=O) groups is 4. The highest BCUT2D eigenvalue weighted by atomic mass is 16.6. The first-order chi connectivity index (χ1) is 14.4. The van der Waals surface area contributed by atoms with Gasteiger partial charge in [-0.3, -0.25) is 24.1 Å². The summed E-state index contributed by atoms with van der Waals surface area (Å²) in [5.74, 6) is -2.13. The fraction of sp³-hybridized carbons (Fsp3) is 0.700. The van der Waals surface area contributed by atoms with E-state index < -0.39 is 17.9 Å². The Morgan fingerprint density at radius 2 is 1.40 bits per heavy atom. The first kappa shape index (κ1) is 25.9. The molecule has 0 radical (unpaired) electrons. The topological polar surface area (TPSA) is 120 Å². The fourth-order valence-corrected chi connectivity index (χ4v) is 2.57. The van der Waals surface area contributed by atoms with Crippen LogP contribution in [0.25, 0.3) is 0 Å². The lowest BCUT2D eigenvalue weighted by Crippen LogP contribution is -2.52. The third-order valence-electron chi connectivity index (χ3n) is 4.19. The van der Waals surface area contributed by atoms with E-state index in [0.717, 1.165) is 17.1 Å². The Kier molecular flexibility index (Phi) is 12.8. The largest absolute Gasteiger partial charge is 0.382 e. The first-order valence-electron chi connectivity index (χ1n) is 9.96. The maximum atomic E-state index is 12.4. The molecule has 0 bridgehead atoms. The second-order valence-electron chi connectivity index (χ2n) is 6.84. The van der Waals surface area contributed by atoms with E-state index >= 15 is 0 Å². The van der Waals surface area contributed by atoms with Crippen molar-refractivity contribution in [3.63, 3.8) is 0 Å². The van der Waals surface area contributed by atoms with Crippen LogP contribution in [-0.2, 0) is 38.1 Å². The summed E-state index contributed by atoms with van der Waals surface area (Å²) in [4.78, 5) is 49.1. The van der Waals surface area contributed by atoms with Crippen LogP contribution in [0.2, 0.25) is 0 Å². The summed E-state index contributed by atoms with van der Waals surface area (Å²) in [5.41, 5.74) is 0. The van der Waals surface area contributed by atoms with Crippen LogP contribution in [0.4, 0.5) is 0 Å². The van der Waals surface area contributed by atoms with Crippen LogP contribution in [0.3, 0.4) is 0 Å². The van der Waals surface area contributed by atoms with Gasteiger partial charge in [0.1, 0.15) is 6.04 Å². The number of ketones is 1. The minimum absolute atomic E-state index is 0.0862. The average molecular weight is 428 g/mol. The van der Waals surface area contributed by atoms with Crippen LogP contribution in [0.15, 0.2) is 12.2 Å². The Morgan fingerprint density at radius 3 is 1.90 bits per heavy atom. The standard InChI is InChI=1S/C20H32N2O8/c1-15(2)20(26)16(22-18(24)4-5-19(22)25)14-21-17(23)6-7-28-10-11-30-13-12-29-9-8-27-3/h4-5,15-16H,6-14H2,1-3H3,(H,21,23). The zero-order valence-corrected chi connectivity index (χ0v) is 17.9. The molecule has 1 unspecified atom stereocenters. The van der Waals surface area contributed by atoms with Gasteiger partial charge < -0.3 is 24.3 Å². The predicted octanol–water partition coefficient (Wildman–Crippen LogP) is -0.292. The van der Waals surface area contributed by atoms with E-state index in [-0.39, 0.29) is 37.2 Å². The van der Waals surface area contributed by atoms with Crippen molar-refractivity contribution in [1.29, 1.82) is 0 Å². The molecule has 0 aromatic heterocycles. The van der Waals surface area contributed by atoms with Gasteiger partial charge in [-0.05, 0) is 0 Å². The number of nitrogens with one attached hydrogen (secondary N) is 1. The van der Waals surface area contributed by atoms with Crippen molar-refractivity contribution in [2.45, 2.75) is 26.3 Å². The Labute approximate surface area is 176 Å². The molecule has 0 aromatic rings. The van der Waals surface area contributed by atoms with Gasteiger partial charge in [0.2, 0.25) is 5.91 Å². The monoisotopic (exact) mass is 428 g/mol. The van der Waals surface area contributed by atoms with Gasteiger partial charge in [0.25, 0.3) is 11.8 Å². The van der Waals surface area contributed by atoms with Crippen molar-refractivity contribution in [2.75, 3.05) is 59.9 Å². The Balaban J connectivity index is 2.21. The third kappa shape index (κ3) is 9.57. The highest BCUT2D eigenvalue weighted by molar-refractivity contribution is 6.15. The minimum atomic E-state index is -1.02. The van der Waals surface area contributed by atoms with Crippen LogP contribution in [-0.4, -0.2) is 94.3 Å². The Hall–Kier alpha value is -2.14. The number of hydrogen-bond donors (Lipinski definition) is 1. The minimum Gasteiger partial charge on any atom is -0.382 e. The van der Waals surface area contributed by atoms with E-state index in [1.54, 1.807) is 21.0 Å². The van der Waals surface area contributed by atoms with E-state index in [0.29, 0.717) is 39.6 Å². The molecule has 170 valence electrons. The maximum Gasteiger partial charge on any atom is 0.254 e. The lowest BCUT2D eigenvalue weighted by atomic mass is 10.0. The smallest absolute Gasteiger partial charge is 0.254 e. The van der Waals surface area contributed by atoms with Crippen LogP contribution < -0.4 is 5.32 Å². The summed E-state index contributed by atoms with van der Waals surface area (Å²) in [5, 5.41) is 2.60. The zero-order valence-electron chi connectivity index (χ0n) is 17.9. The van der Waals surface area contributed by atoms with Gasteiger partial charge >= 0.3 is 0 Å². The number of carbonyl (C=O) groups excluding carboxylic acids is 4. The second-order valence-corrected chi connectivity index (χ2v) is 6.84. The molecule has 3 amide bonds. The lowest BCUT2D eigenvalue weighted by molar-refractivity contribution is -0.146. The van der Waals surface area contributed by atoms with Gasteiger partial charge in [-0.15, -0.1) is 0 Å². The molecule has 10 heteroatoms. The molecule has 0 aliphatic carbocycles. The van der Waals surface area contributed by atoms with E-state index in [1.807, 2.05) is 0 Å². The number of nitrogens with zero attached hydrogens (tertiary/aromatic N) is 1. The molecular formula is C20H32N2O8. The number of rotatable bonds is 17. The van der Waals surface area contributed by atoms with Crippen molar-refractivity contribution in [1.82, 2.24) is 10.2 Å². The molecule has 1 rings (SSSR count). The van der Waals surface area contributed by atoms with E-state index in [9.17, 15) is 19.2 Å². The van der Waals surface area contributed by atoms with Crippen LogP contribution in [0, 0.1) is 5.92 Å². The molecular weight excluding hydrogens is 396 g/mol. The lowest BCUT2D eigenvalue weighted by Gasteiger charge is -2.26. The van der Waals surface area contributed by atoms with Crippen molar-refractivity contribution < 1.29 is 38.1 Å². The quantitative estimate of drug-likeness (QED) is 0.248. The molecule has 0 saturated heterocycles. The summed E-state index contributed by atoms with van der Waals surface area (Å²) in [6.45, 7) is 6.11.